The number of hydrogen-bond donors (Lipinski definition) is 3. The van der Waals surface area contributed by atoms with Crippen LogP contribution >= 0.6 is 0 Å². The number of rotatable bonds is 9. The van der Waals surface area contributed by atoms with Crippen LogP contribution < -0.4 is 14.8 Å². The van der Waals surface area contributed by atoms with E-state index in [0.717, 1.165) is 23.5 Å². The van der Waals surface area contributed by atoms with Crippen molar-refractivity contribution >= 4 is 0 Å². The zero-order valence-corrected chi connectivity index (χ0v) is 12.3. The van der Waals surface area contributed by atoms with Crippen LogP contribution in [0.4, 0.5) is 0 Å². The van der Waals surface area contributed by atoms with Crippen molar-refractivity contribution < 1.29 is 29.7 Å². The first-order valence-electron chi connectivity index (χ1n) is 7.31. The van der Waals surface area contributed by atoms with E-state index in [4.69, 9.17) is 19.3 Å². The summed E-state index contributed by atoms with van der Waals surface area (Å²) in [6.45, 7) is 3.62. The lowest BCUT2D eigenvalue weighted by atomic mass is 10.2. The van der Waals surface area contributed by atoms with E-state index in [1.807, 2.05) is 30.4 Å². The van der Waals surface area contributed by atoms with Crippen molar-refractivity contribution in [1.29, 1.82) is 0 Å². The minimum atomic E-state index is -0.542. The van der Waals surface area contributed by atoms with E-state index in [2.05, 4.69) is 0 Å². The average Bonchev–Trinajstić information content (AvgIpc) is 2.96. The van der Waals surface area contributed by atoms with Gasteiger partial charge >= 0.3 is 0 Å². The highest BCUT2D eigenvalue weighted by Gasteiger charge is 2.14. The van der Waals surface area contributed by atoms with Crippen LogP contribution in [0.3, 0.4) is 0 Å². The highest BCUT2D eigenvalue weighted by atomic mass is 16.7. The monoisotopic (exact) mass is 298 g/mol. The smallest absolute Gasteiger partial charge is 0.231 e. The van der Waals surface area contributed by atoms with Gasteiger partial charge in [0, 0.05) is 0 Å². The molecule has 6 heteroatoms. The van der Waals surface area contributed by atoms with E-state index in [0.29, 0.717) is 13.2 Å². The fourth-order valence-electron chi connectivity index (χ4n) is 2.13. The Morgan fingerprint density at radius 1 is 1.33 bits per heavy atom. The Kier molecular flexibility index (Phi) is 6.25. The summed E-state index contributed by atoms with van der Waals surface area (Å²) in [5.41, 5.74) is 0.984. The van der Waals surface area contributed by atoms with Crippen LogP contribution in [-0.2, 0) is 11.3 Å². The Labute approximate surface area is 124 Å². The Morgan fingerprint density at radius 3 is 2.90 bits per heavy atom. The van der Waals surface area contributed by atoms with Gasteiger partial charge in [-0.15, -0.1) is 0 Å². The second-order valence-electron chi connectivity index (χ2n) is 5.18. The second kappa shape index (κ2) is 8.19. The molecule has 0 unspecified atom stereocenters. The molecular formula is C15H24NO5+. The quantitative estimate of drug-likeness (QED) is 0.579. The van der Waals surface area contributed by atoms with Crippen molar-refractivity contribution in [3.05, 3.63) is 23.8 Å². The molecule has 2 rings (SSSR count). The molecule has 0 aromatic heterocycles. The molecule has 21 heavy (non-hydrogen) atoms. The number of aliphatic hydroxyl groups excluding tert-OH is 2. The predicted molar refractivity (Wildman–Crippen MR) is 76.2 cm³/mol. The first-order chi connectivity index (χ1) is 10.2. The lowest BCUT2D eigenvalue weighted by Gasteiger charge is -2.14. The number of hydrogen-bond acceptors (Lipinski definition) is 5. The lowest BCUT2D eigenvalue weighted by molar-refractivity contribution is -0.696. The lowest BCUT2D eigenvalue weighted by Crippen LogP contribution is -2.92. The number of nitrogens with two attached hydrogens (primary N) is 1. The van der Waals surface area contributed by atoms with Gasteiger partial charge in [-0.1, -0.05) is 13.0 Å². The van der Waals surface area contributed by atoms with Crippen molar-refractivity contribution in [2.24, 2.45) is 0 Å². The van der Waals surface area contributed by atoms with Gasteiger partial charge in [0.25, 0.3) is 0 Å². The van der Waals surface area contributed by atoms with E-state index in [-0.39, 0.29) is 26.0 Å². The maximum atomic E-state index is 9.84. The topological polar surface area (TPSA) is 84.8 Å². The van der Waals surface area contributed by atoms with Gasteiger partial charge in [0.2, 0.25) is 6.79 Å². The van der Waals surface area contributed by atoms with Crippen LogP contribution in [0.15, 0.2) is 18.2 Å². The van der Waals surface area contributed by atoms with Gasteiger partial charge < -0.3 is 29.7 Å². The van der Waals surface area contributed by atoms with E-state index in [1.165, 1.54) is 0 Å². The standard InChI is InChI=1S/C15H23NO5/c1-2-12(7-17)16-6-13(18)9-19-8-11-3-4-14-15(5-11)21-10-20-14/h3-5,12-13,16-18H,2,6-10H2,1H3/p+1/t12-,13-/m0/s1. The fourth-order valence-corrected chi connectivity index (χ4v) is 2.13. The molecule has 1 heterocycles. The Morgan fingerprint density at radius 2 is 2.14 bits per heavy atom. The zero-order valence-electron chi connectivity index (χ0n) is 12.3. The minimum absolute atomic E-state index is 0.126. The molecule has 1 aliphatic rings. The molecule has 2 atom stereocenters. The number of ether oxygens (including phenoxy) is 3. The molecule has 6 nitrogen and oxygen atoms in total. The van der Waals surface area contributed by atoms with Gasteiger partial charge in [0.05, 0.1) is 19.8 Å². The molecule has 0 radical (unpaired) electrons. The number of aliphatic hydroxyl groups is 2. The molecule has 0 saturated carbocycles. The maximum Gasteiger partial charge on any atom is 0.231 e. The summed E-state index contributed by atoms with van der Waals surface area (Å²) in [5.74, 6) is 1.49. The zero-order chi connectivity index (χ0) is 15.1. The average molecular weight is 298 g/mol. The van der Waals surface area contributed by atoms with Crippen molar-refractivity contribution in [3.63, 3.8) is 0 Å². The molecule has 0 saturated heterocycles. The van der Waals surface area contributed by atoms with E-state index in [1.54, 1.807) is 0 Å². The van der Waals surface area contributed by atoms with Crippen LogP contribution in [0.2, 0.25) is 0 Å². The van der Waals surface area contributed by atoms with Crippen LogP contribution in [0.5, 0.6) is 11.5 Å². The van der Waals surface area contributed by atoms with Gasteiger partial charge in [-0.05, 0) is 24.1 Å². The molecule has 1 aromatic carbocycles. The molecule has 0 amide bonds. The molecule has 1 aliphatic heterocycles. The van der Waals surface area contributed by atoms with Crippen LogP contribution in [0.1, 0.15) is 18.9 Å². The summed E-state index contributed by atoms with van der Waals surface area (Å²) >= 11 is 0. The Hall–Kier alpha value is -1.34. The highest BCUT2D eigenvalue weighted by molar-refractivity contribution is 5.44. The number of fused-ring (bicyclic) bond motifs is 1. The first kappa shape index (κ1) is 16.0. The normalized spacial score (nSPS) is 16.0. The Balaban J connectivity index is 1.67. The predicted octanol–water partition coefficient (Wildman–Crippen LogP) is -0.373. The van der Waals surface area contributed by atoms with Gasteiger partial charge in [-0.2, -0.15) is 0 Å². The summed E-state index contributed by atoms with van der Waals surface area (Å²) in [6.07, 6.45) is 0.334. The van der Waals surface area contributed by atoms with Gasteiger partial charge in [-0.3, -0.25) is 0 Å². The summed E-state index contributed by atoms with van der Waals surface area (Å²) in [4.78, 5) is 0. The molecule has 0 fully saturated rings. The summed E-state index contributed by atoms with van der Waals surface area (Å²) in [7, 11) is 0. The van der Waals surface area contributed by atoms with Crippen molar-refractivity contribution in [1.82, 2.24) is 0 Å². The summed E-state index contributed by atoms with van der Waals surface area (Å²) in [6, 6.07) is 5.82. The fraction of sp³-hybridized carbons (Fsp3) is 0.600. The van der Waals surface area contributed by atoms with Crippen molar-refractivity contribution in [2.45, 2.75) is 32.1 Å². The summed E-state index contributed by atoms with van der Waals surface area (Å²) < 4.78 is 16.1. The summed E-state index contributed by atoms with van der Waals surface area (Å²) in [5, 5.41) is 20.9. The Bertz CT molecular complexity index is 436. The SMILES string of the molecule is CC[C@@H](CO)[NH2+]C[C@H](O)COCc1ccc2c(c1)OCO2. The van der Waals surface area contributed by atoms with Gasteiger partial charge in [0.1, 0.15) is 18.7 Å². The number of benzene rings is 1. The van der Waals surface area contributed by atoms with Crippen molar-refractivity contribution in [2.75, 3.05) is 26.6 Å². The first-order valence-corrected chi connectivity index (χ1v) is 7.31. The van der Waals surface area contributed by atoms with Gasteiger partial charge in [-0.25, -0.2) is 0 Å². The molecule has 0 spiro atoms. The maximum absolute atomic E-state index is 9.84. The highest BCUT2D eigenvalue weighted by Crippen LogP contribution is 2.32. The molecule has 4 N–H and O–H groups in total. The third kappa shape index (κ3) is 4.86. The molecular weight excluding hydrogens is 274 g/mol. The van der Waals surface area contributed by atoms with E-state index >= 15 is 0 Å². The van der Waals surface area contributed by atoms with Gasteiger partial charge in [0.15, 0.2) is 11.5 Å². The number of quaternary nitrogens is 1. The van der Waals surface area contributed by atoms with Crippen molar-refractivity contribution in [3.8, 4) is 11.5 Å². The third-order valence-electron chi connectivity index (χ3n) is 3.52. The minimum Gasteiger partial charge on any atom is -0.454 e. The van der Waals surface area contributed by atoms with Crippen LogP contribution in [0.25, 0.3) is 0 Å². The third-order valence-corrected chi connectivity index (χ3v) is 3.52. The molecule has 118 valence electrons. The molecule has 0 aliphatic carbocycles. The van der Waals surface area contributed by atoms with Crippen LogP contribution in [0, 0.1) is 0 Å². The molecule has 0 bridgehead atoms. The second-order valence-corrected chi connectivity index (χ2v) is 5.18. The van der Waals surface area contributed by atoms with Crippen LogP contribution in [-0.4, -0.2) is 48.9 Å². The van der Waals surface area contributed by atoms with E-state index in [9.17, 15) is 5.11 Å². The molecule has 1 aromatic rings. The van der Waals surface area contributed by atoms with E-state index < -0.39 is 6.10 Å². The largest absolute Gasteiger partial charge is 0.454 e.